The number of pyridine rings is 1. The van der Waals surface area contributed by atoms with Crippen LogP contribution in [-0.4, -0.2) is 34.9 Å². The number of rotatable bonds is 4. The summed E-state index contributed by atoms with van der Waals surface area (Å²) in [5.41, 5.74) is 0.977. The van der Waals surface area contributed by atoms with Crippen molar-refractivity contribution in [2.45, 2.75) is 25.6 Å². The SMILES string of the molecule is Cc1c(C(=O)O)cccc1-c1cccc(NC(=O)[C@@]2(C)COc3cc4c(cc32)OC(F)(F)O4)n1. The summed E-state index contributed by atoms with van der Waals surface area (Å²) >= 11 is 0. The number of carboxylic acids is 1. The molecule has 5 rings (SSSR count). The molecule has 34 heavy (non-hydrogen) atoms. The highest BCUT2D eigenvalue weighted by Gasteiger charge is 2.49. The minimum absolute atomic E-state index is 0.0209. The van der Waals surface area contributed by atoms with Crippen LogP contribution in [0.25, 0.3) is 11.3 Å². The van der Waals surface area contributed by atoms with Gasteiger partial charge in [-0.05, 0) is 43.7 Å². The largest absolute Gasteiger partial charge is 0.586 e. The second kappa shape index (κ2) is 7.41. The highest BCUT2D eigenvalue weighted by molar-refractivity contribution is 6.00. The fourth-order valence-electron chi connectivity index (χ4n) is 4.07. The fraction of sp³-hybridized carbons (Fsp3) is 0.208. The van der Waals surface area contributed by atoms with Gasteiger partial charge >= 0.3 is 12.3 Å². The third kappa shape index (κ3) is 3.47. The van der Waals surface area contributed by atoms with Crippen molar-refractivity contribution in [1.29, 1.82) is 0 Å². The summed E-state index contributed by atoms with van der Waals surface area (Å²) in [7, 11) is 0. The fourth-order valence-corrected chi connectivity index (χ4v) is 4.07. The van der Waals surface area contributed by atoms with E-state index in [4.69, 9.17) is 4.74 Å². The molecule has 3 aromatic rings. The van der Waals surface area contributed by atoms with Crippen molar-refractivity contribution in [2.75, 3.05) is 11.9 Å². The van der Waals surface area contributed by atoms with E-state index >= 15 is 0 Å². The summed E-state index contributed by atoms with van der Waals surface area (Å²) in [6.45, 7) is 3.29. The first-order chi connectivity index (χ1) is 16.1. The number of ether oxygens (including phenoxy) is 3. The molecule has 1 amide bonds. The maximum atomic E-state index is 13.4. The number of aromatic carboxylic acids is 1. The number of benzene rings is 2. The monoisotopic (exact) mass is 468 g/mol. The minimum atomic E-state index is -3.78. The summed E-state index contributed by atoms with van der Waals surface area (Å²) in [6.07, 6.45) is -3.78. The molecule has 2 aromatic carbocycles. The number of fused-ring (bicyclic) bond motifs is 2. The molecule has 2 aliphatic heterocycles. The van der Waals surface area contributed by atoms with Crippen LogP contribution >= 0.6 is 0 Å². The average Bonchev–Trinajstić information content (AvgIpc) is 3.27. The Kier molecular flexibility index (Phi) is 4.71. The zero-order valence-electron chi connectivity index (χ0n) is 18.0. The molecule has 0 saturated carbocycles. The van der Waals surface area contributed by atoms with Gasteiger partial charge in [0.15, 0.2) is 11.5 Å². The highest BCUT2D eigenvalue weighted by atomic mass is 19.3. The molecular weight excluding hydrogens is 450 g/mol. The molecule has 0 spiro atoms. The van der Waals surface area contributed by atoms with Crippen molar-refractivity contribution in [3.63, 3.8) is 0 Å². The summed E-state index contributed by atoms with van der Waals surface area (Å²) in [4.78, 5) is 29.2. The van der Waals surface area contributed by atoms with Gasteiger partial charge in [-0.2, -0.15) is 0 Å². The number of carbonyl (C=O) groups excluding carboxylic acids is 1. The van der Waals surface area contributed by atoms with Crippen LogP contribution in [0.4, 0.5) is 14.6 Å². The van der Waals surface area contributed by atoms with Gasteiger partial charge in [0, 0.05) is 17.2 Å². The van der Waals surface area contributed by atoms with E-state index < -0.39 is 23.6 Å². The molecule has 2 aliphatic rings. The van der Waals surface area contributed by atoms with Crippen LogP contribution in [0.3, 0.4) is 0 Å². The lowest BCUT2D eigenvalue weighted by Gasteiger charge is -2.21. The van der Waals surface area contributed by atoms with E-state index in [0.717, 1.165) is 0 Å². The molecule has 10 heteroatoms. The quantitative estimate of drug-likeness (QED) is 0.586. The van der Waals surface area contributed by atoms with E-state index in [0.29, 0.717) is 22.4 Å². The van der Waals surface area contributed by atoms with Gasteiger partial charge in [0.2, 0.25) is 5.91 Å². The number of amides is 1. The van der Waals surface area contributed by atoms with Crippen LogP contribution in [0.1, 0.15) is 28.4 Å². The molecule has 0 bridgehead atoms. The Labute approximate surface area is 192 Å². The molecule has 0 radical (unpaired) electrons. The molecule has 0 aliphatic carbocycles. The van der Waals surface area contributed by atoms with Gasteiger partial charge in [0.1, 0.15) is 23.6 Å². The number of nitrogens with one attached hydrogen (secondary N) is 1. The molecular formula is C24H18F2N2O6. The molecule has 8 nitrogen and oxygen atoms in total. The summed E-state index contributed by atoms with van der Waals surface area (Å²) < 4.78 is 41.4. The van der Waals surface area contributed by atoms with Crippen molar-refractivity contribution >= 4 is 17.7 Å². The van der Waals surface area contributed by atoms with E-state index in [1.807, 2.05) is 0 Å². The number of aromatic nitrogens is 1. The van der Waals surface area contributed by atoms with E-state index in [-0.39, 0.29) is 35.2 Å². The van der Waals surface area contributed by atoms with Gasteiger partial charge in [-0.25, -0.2) is 9.78 Å². The van der Waals surface area contributed by atoms with Gasteiger partial charge in [-0.1, -0.05) is 18.2 Å². The highest BCUT2D eigenvalue weighted by Crippen LogP contribution is 2.50. The molecule has 174 valence electrons. The van der Waals surface area contributed by atoms with Crippen molar-refractivity contribution in [3.8, 4) is 28.5 Å². The lowest BCUT2D eigenvalue weighted by Crippen LogP contribution is -2.39. The Morgan fingerprint density at radius 3 is 2.50 bits per heavy atom. The van der Waals surface area contributed by atoms with Gasteiger partial charge in [0.25, 0.3) is 0 Å². The predicted octanol–water partition coefficient (Wildman–Crippen LogP) is 4.37. The zero-order valence-corrected chi connectivity index (χ0v) is 18.0. The third-order valence-electron chi connectivity index (χ3n) is 5.95. The number of hydrogen-bond acceptors (Lipinski definition) is 6. The number of carboxylic acid groups (broad SMARTS) is 1. The number of alkyl halides is 2. The molecule has 0 saturated heterocycles. The Hall–Kier alpha value is -4.21. The molecule has 1 aromatic heterocycles. The van der Waals surface area contributed by atoms with Crippen LogP contribution in [-0.2, 0) is 10.2 Å². The molecule has 0 unspecified atom stereocenters. The Balaban J connectivity index is 1.43. The number of halogens is 2. The number of hydrogen-bond donors (Lipinski definition) is 2. The standard InChI is InChI=1S/C24H18F2N2O6/c1-12-13(5-3-6-14(12)21(29)30)16-7-4-8-20(27-16)28-22(31)23(2)11-32-17-10-19-18(9-15(17)23)33-24(25,26)34-19/h3-10H,11H2,1-2H3,(H,29,30)(H,27,28,31)/t23-/m0/s1. The van der Waals surface area contributed by atoms with Crippen LogP contribution in [0.2, 0.25) is 0 Å². The number of carbonyl (C=O) groups is 2. The van der Waals surface area contributed by atoms with Gasteiger partial charge < -0.3 is 24.6 Å². The molecule has 2 N–H and O–H groups in total. The first-order valence-electron chi connectivity index (χ1n) is 10.3. The normalized spacial score (nSPS) is 19.3. The van der Waals surface area contributed by atoms with E-state index in [1.165, 1.54) is 18.2 Å². The van der Waals surface area contributed by atoms with Crippen molar-refractivity contribution in [3.05, 3.63) is 65.2 Å². The van der Waals surface area contributed by atoms with Gasteiger partial charge in [-0.3, -0.25) is 4.79 Å². The first-order valence-corrected chi connectivity index (χ1v) is 10.3. The predicted molar refractivity (Wildman–Crippen MR) is 115 cm³/mol. The van der Waals surface area contributed by atoms with Crippen LogP contribution in [0.5, 0.6) is 17.2 Å². The third-order valence-corrected chi connectivity index (χ3v) is 5.95. The lowest BCUT2D eigenvalue weighted by atomic mass is 9.83. The Morgan fingerprint density at radius 1 is 1.06 bits per heavy atom. The Bertz CT molecular complexity index is 1360. The van der Waals surface area contributed by atoms with Gasteiger partial charge in [-0.15, -0.1) is 8.78 Å². The molecule has 3 heterocycles. The zero-order chi connectivity index (χ0) is 24.3. The van der Waals surface area contributed by atoms with Crippen molar-refractivity contribution in [1.82, 2.24) is 4.98 Å². The second-order valence-corrected chi connectivity index (χ2v) is 8.23. The Morgan fingerprint density at radius 2 is 1.76 bits per heavy atom. The molecule has 0 fully saturated rings. The summed E-state index contributed by atoms with van der Waals surface area (Å²) in [5, 5.41) is 12.1. The van der Waals surface area contributed by atoms with Crippen LogP contribution in [0.15, 0.2) is 48.5 Å². The summed E-state index contributed by atoms with van der Waals surface area (Å²) in [5.74, 6) is -1.36. The van der Waals surface area contributed by atoms with Crippen LogP contribution in [0, 0.1) is 6.92 Å². The minimum Gasteiger partial charge on any atom is -0.492 e. The topological polar surface area (TPSA) is 107 Å². The van der Waals surface area contributed by atoms with Crippen LogP contribution < -0.4 is 19.5 Å². The first kappa shape index (κ1) is 21.6. The number of nitrogens with zero attached hydrogens (tertiary/aromatic N) is 1. The van der Waals surface area contributed by atoms with E-state index in [1.54, 1.807) is 44.2 Å². The molecule has 1 atom stereocenters. The maximum absolute atomic E-state index is 13.4. The summed E-state index contributed by atoms with van der Waals surface area (Å²) in [6, 6.07) is 12.5. The van der Waals surface area contributed by atoms with E-state index in [9.17, 15) is 23.5 Å². The maximum Gasteiger partial charge on any atom is 0.586 e. The van der Waals surface area contributed by atoms with Gasteiger partial charge in [0.05, 0.1) is 11.3 Å². The number of anilines is 1. The lowest BCUT2D eigenvalue weighted by molar-refractivity contribution is -0.286. The van der Waals surface area contributed by atoms with Crippen molar-refractivity contribution in [2.24, 2.45) is 0 Å². The van der Waals surface area contributed by atoms with E-state index in [2.05, 4.69) is 19.8 Å². The average molecular weight is 468 g/mol. The van der Waals surface area contributed by atoms with Crippen molar-refractivity contribution < 1.29 is 37.7 Å². The smallest absolute Gasteiger partial charge is 0.492 e. The second-order valence-electron chi connectivity index (χ2n) is 8.23.